The molecule has 1 aromatic carbocycles. The van der Waals surface area contributed by atoms with Crippen LogP contribution >= 0.6 is 0 Å². The number of halogens is 2. The molecule has 0 spiro atoms. The van der Waals surface area contributed by atoms with Gasteiger partial charge in [-0.15, -0.1) is 0 Å². The molecule has 2 heterocycles. The summed E-state index contributed by atoms with van der Waals surface area (Å²) in [6.45, 7) is 2.36. The number of carbonyl (C=O) groups excluding carboxylic acids is 4. The van der Waals surface area contributed by atoms with Gasteiger partial charge < -0.3 is 34.5 Å². The Morgan fingerprint density at radius 3 is 2.27 bits per heavy atom. The number of amides is 4. The van der Waals surface area contributed by atoms with Crippen LogP contribution in [0.5, 0.6) is 5.75 Å². The van der Waals surface area contributed by atoms with Gasteiger partial charge in [-0.05, 0) is 43.9 Å². The van der Waals surface area contributed by atoms with Crippen molar-refractivity contribution in [3.05, 3.63) is 30.0 Å². The topological polar surface area (TPSA) is 122 Å². The van der Waals surface area contributed by atoms with E-state index in [1.54, 1.807) is 16.9 Å². The normalized spacial score (nSPS) is 18.9. The molecule has 1 saturated heterocycles. The highest BCUT2D eigenvalue weighted by molar-refractivity contribution is 5.99. The molecule has 224 valence electrons. The highest BCUT2D eigenvalue weighted by atomic mass is 19.3. The second-order valence-corrected chi connectivity index (χ2v) is 10.6. The van der Waals surface area contributed by atoms with Crippen LogP contribution in [0, 0.1) is 5.92 Å². The summed E-state index contributed by atoms with van der Waals surface area (Å²) in [6.07, 6.45) is -2.61. The Kier molecular flexibility index (Phi) is 9.03. The zero-order valence-electron chi connectivity index (χ0n) is 23.7. The second kappa shape index (κ2) is 12.3. The summed E-state index contributed by atoms with van der Waals surface area (Å²) in [4.78, 5) is 54.6. The van der Waals surface area contributed by atoms with Gasteiger partial charge in [0.25, 0.3) is 11.8 Å². The number of hydrogen-bond acceptors (Lipinski definition) is 6. The number of hydrogen-bond donors (Lipinski definition) is 2. The standard InChI is InChI=1S/C28H37F2N5O6/c1-17(41-27(39)31-2)24(36)32-23(18-7-9-28(29,30)10-8-18)26(38)35-13-11-34(12-14-35)25(37)22-15-19-5-6-20(40-4)16-21(19)33(22)3/h5-6,15-18,23H,7-14H2,1-4H3,(H,31,39)(H,32,36). The van der Waals surface area contributed by atoms with Crippen molar-refractivity contribution >= 4 is 34.7 Å². The van der Waals surface area contributed by atoms with E-state index in [4.69, 9.17) is 9.47 Å². The average Bonchev–Trinajstić information content (AvgIpc) is 3.30. The van der Waals surface area contributed by atoms with Crippen molar-refractivity contribution in [2.75, 3.05) is 40.3 Å². The highest BCUT2D eigenvalue weighted by Crippen LogP contribution is 2.38. The quantitative estimate of drug-likeness (QED) is 0.522. The zero-order valence-corrected chi connectivity index (χ0v) is 23.7. The van der Waals surface area contributed by atoms with Crippen LogP contribution in [0.15, 0.2) is 24.3 Å². The van der Waals surface area contributed by atoms with E-state index < -0.39 is 41.9 Å². The van der Waals surface area contributed by atoms with E-state index in [9.17, 15) is 28.0 Å². The number of methoxy groups -OCH3 is 1. The van der Waals surface area contributed by atoms with Crippen LogP contribution in [-0.4, -0.2) is 96.6 Å². The molecule has 41 heavy (non-hydrogen) atoms. The first-order valence-corrected chi connectivity index (χ1v) is 13.7. The number of nitrogens with zero attached hydrogens (tertiary/aromatic N) is 3. The Morgan fingerprint density at radius 2 is 1.66 bits per heavy atom. The number of piperazine rings is 1. The van der Waals surface area contributed by atoms with E-state index in [-0.39, 0.29) is 57.8 Å². The van der Waals surface area contributed by atoms with Gasteiger partial charge in [-0.25, -0.2) is 13.6 Å². The molecule has 1 aliphatic carbocycles. The minimum Gasteiger partial charge on any atom is -0.497 e. The van der Waals surface area contributed by atoms with Gasteiger partial charge in [0, 0.05) is 64.6 Å². The second-order valence-electron chi connectivity index (χ2n) is 10.6. The molecule has 2 unspecified atom stereocenters. The maximum atomic E-state index is 13.9. The minimum absolute atomic E-state index is 0.0681. The molecule has 0 radical (unpaired) electrons. The van der Waals surface area contributed by atoms with Crippen LogP contribution in [0.25, 0.3) is 10.9 Å². The number of alkyl halides is 2. The van der Waals surface area contributed by atoms with Crippen LogP contribution in [-0.2, 0) is 21.4 Å². The van der Waals surface area contributed by atoms with E-state index in [2.05, 4.69) is 10.6 Å². The number of ether oxygens (including phenoxy) is 2. The molecule has 2 aromatic rings. The smallest absolute Gasteiger partial charge is 0.407 e. The van der Waals surface area contributed by atoms with E-state index in [0.717, 1.165) is 10.9 Å². The fourth-order valence-corrected chi connectivity index (χ4v) is 5.45. The SMILES string of the molecule is CNC(=O)OC(C)C(=O)NC(C(=O)N1CCN(C(=O)c2cc3ccc(OC)cc3n2C)CC1)C1CCC(F)(F)CC1. The maximum absolute atomic E-state index is 13.9. The van der Waals surface area contributed by atoms with Crippen molar-refractivity contribution < 1.29 is 37.4 Å². The molecule has 1 aromatic heterocycles. The Hall–Kier alpha value is -3.90. The van der Waals surface area contributed by atoms with E-state index in [1.807, 2.05) is 35.9 Å². The number of fused-ring (bicyclic) bond motifs is 1. The summed E-state index contributed by atoms with van der Waals surface area (Å²) in [6, 6.07) is 6.34. The Bertz CT molecular complexity index is 1300. The Balaban J connectivity index is 1.44. The molecule has 1 aliphatic heterocycles. The molecule has 4 amide bonds. The van der Waals surface area contributed by atoms with Crippen LogP contribution in [0.1, 0.15) is 43.1 Å². The number of alkyl carbamates (subject to hydrolysis) is 1. The first-order valence-electron chi connectivity index (χ1n) is 13.7. The van der Waals surface area contributed by atoms with Gasteiger partial charge in [0.15, 0.2) is 6.10 Å². The lowest BCUT2D eigenvalue weighted by Crippen LogP contribution is -2.59. The molecule has 1 saturated carbocycles. The predicted molar refractivity (Wildman–Crippen MR) is 146 cm³/mol. The summed E-state index contributed by atoms with van der Waals surface area (Å²) in [5, 5.41) is 5.81. The first kappa shape index (κ1) is 30.1. The van der Waals surface area contributed by atoms with Crippen molar-refractivity contribution in [3.63, 3.8) is 0 Å². The summed E-state index contributed by atoms with van der Waals surface area (Å²) >= 11 is 0. The van der Waals surface area contributed by atoms with Gasteiger partial charge in [-0.1, -0.05) is 0 Å². The van der Waals surface area contributed by atoms with Crippen molar-refractivity contribution in [1.29, 1.82) is 0 Å². The van der Waals surface area contributed by atoms with E-state index in [0.29, 0.717) is 11.4 Å². The van der Waals surface area contributed by atoms with E-state index in [1.165, 1.54) is 14.0 Å². The lowest BCUT2D eigenvalue weighted by Gasteiger charge is -2.39. The molecule has 2 atom stereocenters. The number of benzene rings is 1. The molecule has 4 rings (SSSR count). The molecular formula is C28H37F2N5O6. The van der Waals surface area contributed by atoms with Crippen LogP contribution in [0.4, 0.5) is 13.6 Å². The fraction of sp³-hybridized carbons (Fsp3) is 0.571. The summed E-state index contributed by atoms with van der Waals surface area (Å²) in [5.41, 5.74) is 1.36. The molecule has 2 N–H and O–H groups in total. The van der Waals surface area contributed by atoms with Crippen molar-refractivity contribution in [3.8, 4) is 5.75 Å². The van der Waals surface area contributed by atoms with Gasteiger partial charge in [-0.3, -0.25) is 14.4 Å². The number of rotatable bonds is 7. The fourth-order valence-electron chi connectivity index (χ4n) is 5.45. The molecule has 0 bridgehead atoms. The van der Waals surface area contributed by atoms with Gasteiger partial charge in [-0.2, -0.15) is 0 Å². The van der Waals surface area contributed by atoms with Gasteiger partial charge in [0.05, 0.1) is 12.6 Å². The van der Waals surface area contributed by atoms with Gasteiger partial charge >= 0.3 is 6.09 Å². The third-order valence-electron chi connectivity index (χ3n) is 8.00. The van der Waals surface area contributed by atoms with Crippen LogP contribution in [0.2, 0.25) is 0 Å². The summed E-state index contributed by atoms with van der Waals surface area (Å²) in [7, 11) is 4.74. The lowest BCUT2D eigenvalue weighted by molar-refractivity contribution is -0.142. The van der Waals surface area contributed by atoms with E-state index >= 15 is 0 Å². The maximum Gasteiger partial charge on any atom is 0.407 e. The number of aromatic nitrogens is 1. The van der Waals surface area contributed by atoms with Crippen LogP contribution < -0.4 is 15.4 Å². The molecule has 2 aliphatic rings. The number of nitrogens with one attached hydrogen (secondary N) is 2. The molecule has 13 heteroatoms. The first-order chi connectivity index (χ1) is 19.4. The average molecular weight is 578 g/mol. The van der Waals surface area contributed by atoms with Crippen molar-refractivity contribution in [2.45, 2.75) is 50.7 Å². The van der Waals surface area contributed by atoms with Gasteiger partial charge in [0.2, 0.25) is 11.8 Å². The zero-order chi connectivity index (χ0) is 29.9. The van der Waals surface area contributed by atoms with Crippen LogP contribution in [0.3, 0.4) is 0 Å². The third-order valence-corrected chi connectivity index (χ3v) is 8.00. The Labute approximate surface area is 237 Å². The molecular weight excluding hydrogens is 540 g/mol. The largest absolute Gasteiger partial charge is 0.497 e. The summed E-state index contributed by atoms with van der Waals surface area (Å²) in [5.74, 6) is -3.87. The van der Waals surface area contributed by atoms with Gasteiger partial charge in [0.1, 0.15) is 17.5 Å². The third kappa shape index (κ3) is 6.71. The monoisotopic (exact) mass is 577 g/mol. The van der Waals surface area contributed by atoms with Crippen molar-refractivity contribution in [1.82, 2.24) is 25.0 Å². The molecule has 11 nitrogen and oxygen atoms in total. The Morgan fingerprint density at radius 1 is 1.02 bits per heavy atom. The highest BCUT2D eigenvalue weighted by Gasteiger charge is 2.42. The predicted octanol–water partition coefficient (Wildman–Crippen LogP) is 2.53. The van der Waals surface area contributed by atoms with Crippen molar-refractivity contribution in [2.24, 2.45) is 13.0 Å². The summed E-state index contributed by atoms with van der Waals surface area (Å²) < 4.78 is 39.8. The minimum atomic E-state index is -2.80. The lowest BCUT2D eigenvalue weighted by atomic mass is 9.81. The molecule has 2 fully saturated rings. The number of carbonyl (C=O) groups is 4. The number of aryl methyl sites for hydroxylation is 1.